The van der Waals surface area contributed by atoms with Crippen LogP contribution in [0.15, 0.2) is 24.3 Å². The van der Waals surface area contributed by atoms with Crippen molar-refractivity contribution in [3.8, 4) is 0 Å². The third-order valence-corrected chi connectivity index (χ3v) is 3.86. The van der Waals surface area contributed by atoms with E-state index in [9.17, 15) is 4.79 Å². The molecule has 2 rings (SSSR count). The van der Waals surface area contributed by atoms with E-state index in [0.717, 1.165) is 6.42 Å². The summed E-state index contributed by atoms with van der Waals surface area (Å²) in [4.78, 5) is 10.9. The van der Waals surface area contributed by atoms with E-state index in [-0.39, 0.29) is 17.9 Å². The standard InChI is InChI=1S/C15H21NO2/c1-9(2)10-4-6-11(7-5-10)14(16-3)12-8-13(12)15(17)18/h4-7,9,12-14,16H,8H2,1-3H3,(H,17,18). The Morgan fingerprint density at radius 3 is 2.22 bits per heavy atom. The van der Waals surface area contributed by atoms with Gasteiger partial charge in [0.05, 0.1) is 5.92 Å². The van der Waals surface area contributed by atoms with Gasteiger partial charge in [-0.25, -0.2) is 0 Å². The maximum absolute atomic E-state index is 10.9. The fraction of sp³-hybridized carbons (Fsp3) is 0.533. The van der Waals surface area contributed by atoms with Gasteiger partial charge < -0.3 is 10.4 Å². The molecule has 0 heterocycles. The molecule has 3 heteroatoms. The number of benzene rings is 1. The van der Waals surface area contributed by atoms with Crippen molar-refractivity contribution in [3.05, 3.63) is 35.4 Å². The smallest absolute Gasteiger partial charge is 0.306 e. The molecule has 1 aliphatic rings. The van der Waals surface area contributed by atoms with E-state index < -0.39 is 5.97 Å². The Morgan fingerprint density at radius 1 is 1.28 bits per heavy atom. The largest absolute Gasteiger partial charge is 0.481 e. The summed E-state index contributed by atoms with van der Waals surface area (Å²) < 4.78 is 0. The molecule has 0 bridgehead atoms. The average molecular weight is 247 g/mol. The molecule has 0 aromatic heterocycles. The van der Waals surface area contributed by atoms with Gasteiger partial charge in [0.15, 0.2) is 0 Å². The molecular formula is C15H21NO2. The van der Waals surface area contributed by atoms with Crippen molar-refractivity contribution in [2.24, 2.45) is 11.8 Å². The Hall–Kier alpha value is -1.35. The van der Waals surface area contributed by atoms with Gasteiger partial charge in [0.2, 0.25) is 0 Å². The van der Waals surface area contributed by atoms with Crippen LogP contribution in [0.5, 0.6) is 0 Å². The highest BCUT2D eigenvalue weighted by atomic mass is 16.4. The van der Waals surface area contributed by atoms with Gasteiger partial charge in [-0.1, -0.05) is 38.1 Å². The second-order valence-electron chi connectivity index (χ2n) is 5.43. The highest BCUT2D eigenvalue weighted by molar-refractivity contribution is 5.73. The zero-order valence-corrected chi connectivity index (χ0v) is 11.2. The fourth-order valence-corrected chi connectivity index (χ4v) is 2.58. The lowest BCUT2D eigenvalue weighted by molar-refractivity contribution is -0.138. The van der Waals surface area contributed by atoms with Crippen LogP contribution in [0.1, 0.15) is 43.4 Å². The number of carboxylic acid groups (broad SMARTS) is 1. The van der Waals surface area contributed by atoms with E-state index in [0.29, 0.717) is 5.92 Å². The maximum atomic E-state index is 10.9. The molecule has 98 valence electrons. The van der Waals surface area contributed by atoms with Crippen LogP contribution >= 0.6 is 0 Å². The molecule has 3 atom stereocenters. The predicted molar refractivity (Wildman–Crippen MR) is 71.6 cm³/mol. The van der Waals surface area contributed by atoms with E-state index in [1.807, 2.05) is 7.05 Å². The van der Waals surface area contributed by atoms with Crippen LogP contribution < -0.4 is 5.32 Å². The van der Waals surface area contributed by atoms with E-state index in [2.05, 4.69) is 43.4 Å². The summed E-state index contributed by atoms with van der Waals surface area (Å²) >= 11 is 0. The third kappa shape index (κ3) is 2.56. The summed E-state index contributed by atoms with van der Waals surface area (Å²) in [5.74, 6) is -0.0801. The number of hydrogen-bond acceptors (Lipinski definition) is 2. The molecule has 18 heavy (non-hydrogen) atoms. The molecule has 1 aliphatic carbocycles. The van der Waals surface area contributed by atoms with Crippen LogP contribution in [0, 0.1) is 11.8 Å². The van der Waals surface area contributed by atoms with Gasteiger partial charge in [-0.05, 0) is 36.4 Å². The number of carboxylic acids is 1. The van der Waals surface area contributed by atoms with Crippen LogP contribution in [0.25, 0.3) is 0 Å². The van der Waals surface area contributed by atoms with Gasteiger partial charge in [-0.15, -0.1) is 0 Å². The second-order valence-corrected chi connectivity index (χ2v) is 5.43. The lowest BCUT2D eigenvalue weighted by Gasteiger charge is -2.17. The molecule has 2 N–H and O–H groups in total. The highest BCUT2D eigenvalue weighted by Crippen LogP contribution is 2.47. The molecule has 0 spiro atoms. The number of hydrogen-bond donors (Lipinski definition) is 2. The zero-order valence-electron chi connectivity index (χ0n) is 11.2. The highest BCUT2D eigenvalue weighted by Gasteiger charge is 2.47. The molecule has 3 nitrogen and oxygen atoms in total. The minimum atomic E-state index is -0.668. The normalized spacial score (nSPS) is 24.0. The van der Waals surface area contributed by atoms with Crippen molar-refractivity contribution in [2.75, 3.05) is 7.05 Å². The lowest BCUT2D eigenvalue weighted by Crippen LogP contribution is -2.20. The van der Waals surface area contributed by atoms with Gasteiger partial charge in [0.25, 0.3) is 0 Å². The van der Waals surface area contributed by atoms with E-state index >= 15 is 0 Å². The van der Waals surface area contributed by atoms with E-state index in [1.54, 1.807) is 0 Å². The predicted octanol–water partition coefficient (Wildman–Crippen LogP) is 2.79. The van der Waals surface area contributed by atoms with Gasteiger partial charge >= 0.3 is 5.97 Å². The fourth-order valence-electron chi connectivity index (χ4n) is 2.58. The zero-order chi connectivity index (χ0) is 13.3. The summed E-state index contributed by atoms with van der Waals surface area (Å²) in [5.41, 5.74) is 2.51. The van der Waals surface area contributed by atoms with E-state index in [4.69, 9.17) is 5.11 Å². The molecule has 1 aromatic rings. The van der Waals surface area contributed by atoms with Crippen LogP contribution in [-0.4, -0.2) is 18.1 Å². The first-order valence-electron chi connectivity index (χ1n) is 6.54. The Bertz CT molecular complexity index is 425. The Morgan fingerprint density at radius 2 is 1.83 bits per heavy atom. The Balaban J connectivity index is 2.11. The summed E-state index contributed by atoms with van der Waals surface area (Å²) in [6.07, 6.45) is 0.784. The van der Waals surface area contributed by atoms with Crippen molar-refractivity contribution in [1.29, 1.82) is 0 Å². The number of rotatable bonds is 5. The minimum absolute atomic E-state index is 0.160. The quantitative estimate of drug-likeness (QED) is 0.841. The first-order valence-corrected chi connectivity index (χ1v) is 6.54. The van der Waals surface area contributed by atoms with Crippen molar-refractivity contribution in [1.82, 2.24) is 5.32 Å². The van der Waals surface area contributed by atoms with Crippen molar-refractivity contribution in [2.45, 2.75) is 32.2 Å². The molecule has 0 radical (unpaired) electrons. The number of nitrogens with one attached hydrogen (secondary N) is 1. The van der Waals surface area contributed by atoms with Crippen LogP contribution in [0.3, 0.4) is 0 Å². The molecule has 1 fully saturated rings. The molecular weight excluding hydrogens is 226 g/mol. The second kappa shape index (κ2) is 5.11. The van der Waals surface area contributed by atoms with Crippen LogP contribution in [0.4, 0.5) is 0 Å². The average Bonchev–Trinajstić information content (AvgIpc) is 3.11. The van der Waals surface area contributed by atoms with Crippen molar-refractivity contribution >= 4 is 5.97 Å². The first-order chi connectivity index (χ1) is 8.54. The molecule has 0 aliphatic heterocycles. The van der Waals surface area contributed by atoms with Crippen molar-refractivity contribution < 1.29 is 9.90 Å². The number of carbonyl (C=O) groups is 1. The van der Waals surface area contributed by atoms with Crippen molar-refractivity contribution in [3.63, 3.8) is 0 Å². The van der Waals surface area contributed by atoms with Crippen LogP contribution in [0.2, 0.25) is 0 Å². The molecule has 0 saturated heterocycles. The Kier molecular flexibility index (Phi) is 3.71. The van der Waals surface area contributed by atoms with Gasteiger partial charge in [0, 0.05) is 6.04 Å². The van der Waals surface area contributed by atoms with Gasteiger partial charge in [-0.2, -0.15) is 0 Å². The van der Waals surface area contributed by atoms with Crippen LogP contribution in [-0.2, 0) is 4.79 Å². The minimum Gasteiger partial charge on any atom is -0.481 e. The monoisotopic (exact) mass is 247 g/mol. The topological polar surface area (TPSA) is 49.3 Å². The summed E-state index contributed by atoms with van der Waals surface area (Å²) in [5, 5.41) is 12.3. The third-order valence-electron chi connectivity index (χ3n) is 3.86. The SMILES string of the molecule is CNC(c1ccc(C(C)C)cc1)C1CC1C(=O)O. The molecule has 1 saturated carbocycles. The Labute approximate surface area is 108 Å². The van der Waals surface area contributed by atoms with E-state index in [1.165, 1.54) is 11.1 Å². The molecule has 0 amide bonds. The molecule has 3 unspecified atom stereocenters. The lowest BCUT2D eigenvalue weighted by atomic mass is 9.96. The van der Waals surface area contributed by atoms with Gasteiger partial charge in [-0.3, -0.25) is 4.79 Å². The van der Waals surface area contributed by atoms with Gasteiger partial charge in [0.1, 0.15) is 0 Å². The summed E-state index contributed by atoms with van der Waals surface area (Å²) in [7, 11) is 1.90. The summed E-state index contributed by atoms with van der Waals surface area (Å²) in [6.45, 7) is 4.35. The number of aliphatic carboxylic acids is 1. The molecule has 1 aromatic carbocycles. The first kappa shape index (κ1) is 13.1. The summed E-state index contributed by atoms with van der Waals surface area (Å²) in [6, 6.07) is 8.68. The maximum Gasteiger partial charge on any atom is 0.306 e.